The lowest BCUT2D eigenvalue weighted by molar-refractivity contribution is 0.494. The molecule has 114 valence electrons. The highest BCUT2D eigenvalue weighted by Gasteiger charge is 2.18. The summed E-state index contributed by atoms with van der Waals surface area (Å²) < 4.78 is 0. The van der Waals surface area contributed by atoms with Crippen molar-refractivity contribution in [1.82, 2.24) is 5.32 Å². The number of benzene rings is 1. The lowest BCUT2D eigenvalue weighted by atomic mass is 10.0. The maximum Gasteiger partial charge on any atom is 0.0781 e. The molecule has 2 aromatic rings. The zero-order chi connectivity index (χ0) is 15.7. The molecular weight excluding hydrogens is 345 g/mol. The first-order chi connectivity index (χ1) is 9.81. The van der Waals surface area contributed by atoms with E-state index < -0.39 is 0 Å². The Hall–Kier alpha value is -0.250. The van der Waals surface area contributed by atoms with Crippen molar-refractivity contribution in [2.24, 2.45) is 0 Å². The molecule has 1 aromatic carbocycles. The monoisotopic (exact) mass is 361 g/mol. The van der Waals surface area contributed by atoms with Crippen LogP contribution in [0.2, 0.25) is 15.1 Å². The summed E-state index contributed by atoms with van der Waals surface area (Å²) in [5, 5.41) is 5.00. The molecule has 0 bridgehead atoms. The molecule has 0 saturated heterocycles. The van der Waals surface area contributed by atoms with Crippen LogP contribution in [0.25, 0.3) is 0 Å². The van der Waals surface area contributed by atoms with Crippen LogP contribution < -0.4 is 5.32 Å². The van der Waals surface area contributed by atoms with E-state index >= 15 is 0 Å². The van der Waals surface area contributed by atoms with Gasteiger partial charge < -0.3 is 5.32 Å². The average Bonchev–Trinajstić information content (AvgIpc) is 2.75. The third kappa shape index (κ3) is 3.75. The van der Waals surface area contributed by atoms with Crippen LogP contribution in [-0.2, 0) is 0 Å². The minimum absolute atomic E-state index is 0.0851. The van der Waals surface area contributed by atoms with Crippen LogP contribution >= 0.6 is 46.1 Å². The second-order valence-corrected chi connectivity index (χ2v) is 7.87. The molecule has 1 N–H and O–H groups in total. The van der Waals surface area contributed by atoms with Crippen molar-refractivity contribution in [2.45, 2.75) is 39.8 Å². The smallest absolute Gasteiger partial charge is 0.0781 e. The zero-order valence-electron chi connectivity index (χ0n) is 12.4. The van der Waals surface area contributed by atoms with E-state index in [0.29, 0.717) is 15.1 Å². The summed E-state index contributed by atoms with van der Waals surface area (Å²) in [6.45, 7) is 8.53. The number of nitrogens with one attached hydrogen (secondary N) is 1. The topological polar surface area (TPSA) is 12.0 Å². The second kappa shape index (κ2) is 6.89. The van der Waals surface area contributed by atoms with Crippen molar-refractivity contribution < 1.29 is 0 Å². The normalized spacial score (nSPS) is 14.2. The van der Waals surface area contributed by atoms with Gasteiger partial charge in [0.1, 0.15) is 0 Å². The first-order valence-corrected chi connectivity index (χ1v) is 8.72. The average molecular weight is 363 g/mol. The Morgan fingerprint density at radius 3 is 2.14 bits per heavy atom. The standard InChI is InChI=1S/C16H18Cl3NS/c1-8-7-13(11(4)21-8)10(3)20-9(2)12-5-6-14(17)16(19)15(12)18/h5-7,9-10,20H,1-4H3. The minimum Gasteiger partial charge on any atom is -0.304 e. The molecule has 0 saturated carbocycles. The van der Waals surface area contributed by atoms with E-state index in [1.165, 1.54) is 15.3 Å². The molecule has 2 rings (SSSR count). The Morgan fingerprint density at radius 1 is 0.952 bits per heavy atom. The second-order valence-electron chi connectivity index (χ2n) is 5.24. The van der Waals surface area contributed by atoms with Crippen LogP contribution in [0.15, 0.2) is 18.2 Å². The Labute approximate surface area is 145 Å². The van der Waals surface area contributed by atoms with Crippen LogP contribution in [0.1, 0.15) is 46.8 Å². The van der Waals surface area contributed by atoms with Gasteiger partial charge in [0, 0.05) is 21.8 Å². The van der Waals surface area contributed by atoms with Gasteiger partial charge in [-0.1, -0.05) is 40.9 Å². The highest BCUT2D eigenvalue weighted by Crippen LogP contribution is 2.36. The third-order valence-electron chi connectivity index (χ3n) is 3.58. The fraction of sp³-hybridized carbons (Fsp3) is 0.375. The first-order valence-electron chi connectivity index (χ1n) is 6.77. The van der Waals surface area contributed by atoms with Crippen molar-refractivity contribution in [1.29, 1.82) is 0 Å². The minimum atomic E-state index is 0.0851. The van der Waals surface area contributed by atoms with Crippen molar-refractivity contribution >= 4 is 46.1 Å². The summed E-state index contributed by atoms with van der Waals surface area (Å²) in [7, 11) is 0. The van der Waals surface area contributed by atoms with E-state index in [1.54, 1.807) is 6.07 Å². The predicted octanol–water partition coefficient (Wildman–Crippen LogP) is 6.74. The SMILES string of the molecule is Cc1cc(C(C)NC(C)c2ccc(Cl)c(Cl)c2Cl)c(C)s1. The molecule has 21 heavy (non-hydrogen) atoms. The van der Waals surface area contributed by atoms with E-state index in [9.17, 15) is 0 Å². The maximum absolute atomic E-state index is 6.30. The fourth-order valence-electron chi connectivity index (χ4n) is 2.51. The van der Waals surface area contributed by atoms with Gasteiger partial charge in [-0.3, -0.25) is 0 Å². The third-order valence-corrected chi connectivity index (χ3v) is 5.87. The number of halogens is 3. The highest BCUT2D eigenvalue weighted by atomic mass is 35.5. The van der Waals surface area contributed by atoms with Gasteiger partial charge in [0.15, 0.2) is 0 Å². The van der Waals surface area contributed by atoms with Crippen LogP contribution in [0.4, 0.5) is 0 Å². The Bertz CT molecular complexity index is 651. The molecule has 0 aliphatic carbocycles. The van der Waals surface area contributed by atoms with Crippen LogP contribution in [-0.4, -0.2) is 0 Å². The summed E-state index contributed by atoms with van der Waals surface area (Å²) in [4.78, 5) is 2.68. The van der Waals surface area contributed by atoms with Crippen molar-refractivity contribution in [3.63, 3.8) is 0 Å². The highest BCUT2D eigenvalue weighted by molar-refractivity contribution is 7.12. The molecule has 0 aliphatic rings. The molecule has 0 radical (unpaired) electrons. The molecule has 1 nitrogen and oxygen atoms in total. The van der Waals surface area contributed by atoms with Gasteiger partial charge in [-0.25, -0.2) is 0 Å². The Morgan fingerprint density at radius 2 is 1.57 bits per heavy atom. The van der Waals surface area contributed by atoms with Gasteiger partial charge in [-0.2, -0.15) is 0 Å². The molecule has 0 aliphatic heterocycles. The van der Waals surface area contributed by atoms with Gasteiger partial charge in [0.25, 0.3) is 0 Å². The molecular formula is C16H18Cl3NS. The number of aryl methyl sites for hydroxylation is 2. The fourth-order valence-corrected chi connectivity index (χ4v) is 4.24. The van der Waals surface area contributed by atoms with E-state index in [4.69, 9.17) is 34.8 Å². The lowest BCUT2D eigenvalue weighted by Gasteiger charge is -2.22. The lowest BCUT2D eigenvalue weighted by Crippen LogP contribution is -2.23. The van der Waals surface area contributed by atoms with Crippen molar-refractivity contribution in [3.8, 4) is 0 Å². The van der Waals surface area contributed by atoms with Gasteiger partial charge in [-0.15, -0.1) is 11.3 Å². The van der Waals surface area contributed by atoms with Crippen LogP contribution in [0.3, 0.4) is 0 Å². The maximum atomic E-state index is 6.30. The van der Waals surface area contributed by atoms with Crippen molar-refractivity contribution in [2.75, 3.05) is 0 Å². The Balaban J connectivity index is 2.20. The number of hydrogen-bond acceptors (Lipinski definition) is 2. The number of thiophene rings is 1. The number of rotatable bonds is 4. The van der Waals surface area contributed by atoms with Gasteiger partial charge >= 0.3 is 0 Å². The molecule has 5 heteroatoms. The summed E-state index contributed by atoms with van der Waals surface area (Å²) in [5.41, 5.74) is 2.29. The van der Waals surface area contributed by atoms with E-state index in [2.05, 4.69) is 39.1 Å². The molecule has 2 unspecified atom stereocenters. The van der Waals surface area contributed by atoms with Gasteiger partial charge in [-0.05, 0) is 51.0 Å². The van der Waals surface area contributed by atoms with E-state index in [1.807, 2.05) is 17.4 Å². The predicted molar refractivity (Wildman–Crippen MR) is 95.2 cm³/mol. The van der Waals surface area contributed by atoms with Crippen LogP contribution in [0, 0.1) is 13.8 Å². The summed E-state index contributed by atoms with van der Waals surface area (Å²) in [6.07, 6.45) is 0. The van der Waals surface area contributed by atoms with Crippen molar-refractivity contribution in [3.05, 3.63) is 54.1 Å². The van der Waals surface area contributed by atoms with Gasteiger partial charge in [0.2, 0.25) is 0 Å². The molecule has 0 fully saturated rings. The summed E-state index contributed by atoms with van der Waals surface area (Å²) >= 11 is 20.2. The molecule has 0 spiro atoms. The quantitative estimate of drug-likeness (QED) is 0.594. The Kier molecular flexibility index (Phi) is 5.61. The zero-order valence-corrected chi connectivity index (χ0v) is 15.5. The van der Waals surface area contributed by atoms with Gasteiger partial charge in [0.05, 0.1) is 15.1 Å². The largest absolute Gasteiger partial charge is 0.304 e. The summed E-state index contributed by atoms with van der Waals surface area (Å²) in [6, 6.07) is 6.28. The molecule has 0 amide bonds. The molecule has 1 heterocycles. The van der Waals surface area contributed by atoms with E-state index in [-0.39, 0.29) is 12.1 Å². The van der Waals surface area contributed by atoms with E-state index in [0.717, 1.165) is 5.56 Å². The summed E-state index contributed by atoms with van der Waals surface area (Å²) in [5.74, 6) is 0. The molecule has 1 aromatic heterocycles. The first kappa shape index (κ1) is 17.1. The molecule has 2 atom stereocenters. The number of hydrogen-bond donors (Lipinski definition) is 1. The van der Waals surface area contributed by atoms with Crippen LogP contribution in [0.5, 0.6) is 0 Å².